The van der Waals surface area contributed by atoms with Gasteiger partial charge in [-0.1, -0.05) is 190 Å². The van der Waals surface area contributed by atoms with E-state index in [1.54, 1.807) is 105 Å². The molecular formula is C51H82P2. The molecule has 0 aromatic heterocycles. The molecule has 2 aromatic rings. The van der Waals surface area contributed by atoms with Gasteiger partial charge in [0.15, 0.2) is 0 Å². The van der Waals surface area contributed by atoms with Crippen molar-refractivity contribution in [1.29, 1.82) is 0 Å². The molecule has 0 amide bonds. The summed E-state index contributed by atoms with van der Waals surface area (Å²) in [5, 5.41) is 1.75. The Hall–Kier alpha value is -0.700. The average Bonchev–Trinajstić information content (AvgIpc) is 3.20. The summed E-state index contributed by atoms with van der Waals surface area (Å²) in [5.41, 5.74) is 13.3. The van der Waals surface area contributed by atoms with Gasteiger partial charge in [-0.15, -0.1) is 0 Å². The molecule has 0 nitrogen and oxygen atoms in total. The average molecular weight is 757 g/mol. The van der Waals surface area contributed by atoms with E-state index in [1.807, 2.05) is 0 Å². The second kappa shape index (κ2) is 21.2. The molecule has 0 heterocycles. The SMILES string of the molecule is C1CCC(P(C2CCCCC2)C2CCCCC2)CC1.CC(C)c1cc(C(C)C)c(-c2ccccc2P(C2CCCCC2)C2CCCCC2)c(C(C)C)c1. The Morgan fingerprint density at radius 2 is 0.755 bits per heavy atom. The van der Waals surface area contributed by atoms with Crippen LogP contribution >= 0.6 is 15.8 Å². The molecule has 296 valence electrons. The van der Waals surface area contributed by atoms with Crippen molar-refractivity contribution in [1.82, 2.24) is 0 Å². The molecule has 53 heavy (non-hydrogen) atoms. The highest BCUT2D eigenvalue weighted by atomic mass is 31.1. The minimum atomic E-state index is -0.120. The first-order valence-corrected chi connectivity index (χ1v) is 26.7. The summed E-state index contributed by atoms with van der Waals surface area (Å²) in [7, 11) is 0.265. The van der Waals surface area contributed by atoms with Gasteiger partial charge < -0.3 is 0 Å². The third-order valence-corrected chi connectivity index (χ3v) is 22.1. The Kier molecular flexibility index (Phi) is 16.7. The van der Waals surface area contributed by atoms with Crippen LogP contribution in [0, 0.1) is 0 Å². The molecule has 0 atom stereocenters. The van der Waals surface area contributed by atoms with Crippen molar-refractivity contribution >= 4 is 21.1 Å². The number of hydrogen-bond donors (Lipinski definition) is 0. The normalized spacial score (nSPS) is 22.2. The maximum atomic E-state index is 2.56. The first-order valence-electron chi connectivity index (χ1n) is 23.7. The molecule has 0 aliphatic heterocycles. The molecule has 2 aromatic carbocycles. The molecule has 0 unspecified atom stereocenters. The highest BCUT2D eigenvalue weighted by Crippen LogP contribution is 2.62. The molecule has 5 aliphatic carbocycles. The molecule has 0 bridgehead atoms. The number of rotatable bonds is 10. The molecule has 5 fully saturated rings. The lowest BCUT2D eigenvalue weighted by molar-refractivity contribution is 0.460. The number of hydrogen-bond acceptors (Lipinski definition) is 0. The van der Waals surface area contributed by atoms with E-state index >= 15 is 0 Å². The summed E-state index contributed by atoms with van der Waals surface area (Å²) in [6.07, 6.45) is 38.2. The molecule has 0 spiro atoms. The van der Waals surface area contributed by atoms with E-state index in [0.717, 1.165) is 11.3 Å². The monoisotopic (exact) mass is 757 g/mol. The smallest absolute Gasteiger partial charge is 0.0101 e. The Morgan fingerprint density at radius 1 is 0.415 bits per heavy atom. The molecular weight excluding hydrogens is 675 g/mol. The van der Waals surface area contributed by atoms with Crippen LogP contribution in [0.3, 0.4) is 0 Å². The van der Waals surface area contributed by atoms with Gasteiger partial charge in [0.1, 0.15) is 0 Å². The largest absolute Gasteiger partial charge is 0.0971 e. The lowest BCUT2D eigenvalue weighted by Crippen LogP contribution is -2.28. The van der Waals surface area contributed by atoms with Crippen LogP contribution in [0.25, 0.3) is 11.1 Å². The van der Waals surface area contributed by atoms with Crippen LogP contribution in [-0.2, 0) is 0 Å². The predicted molar refractivity (Wildman–Crippen MR) is 242 cm³/mol. The van der Waals surface area contributed by atoms with E-state index in [2.05, 4.69) is 77.9 Å². The highest BCUT2D eigenvalue weighted by Gasteiger charge is 2.37. The summed E-state index contributed by atoms with van der Waals surface area (Å²) in [4.78, 5) is 0. The lowest BCUT2D eigenvalue weighted by Gasteiger charge is -2.44. The van der Waals surface area contributed by atoms with Gasteiger partial charge in [-0.2, -0.15) is 0 Å². The molecule has 2 heteroatoms. The summed E-state index contributed by atoms with van der Waals surface area (Å²) in [5.74, 6) is 1.64. The fourth-order valence-corrected chi connectivity index (χ4v) is 20.2. The van der Waals surface area contributed by atoms with Crippen molar-refractivity contribution in [3.05, 3.63) is 53.1 Å². The van der Waals surface area contributed by atoms with Crippen LogP contribution in [0.15, 0.2) is 36.4 Å². The van der Waals surface area contributed by atoms with Crippen LogP contribution in [-0.4, -0.2) is 28.3 Å². The highest BCUT2D eigenvalue weighted by molar-refractivity contribution is 7.67. The molecule has 5 aliphatic rings. The molecule has 5 saturated carbocycles. The minimum Gasteiger partial charge on any atom is -0.0971 e. The Labute approximate surface area is 332 Å². The van der Waals surface area contributed by atoms with Gasteiger partial charge in [0.2, 0.25) is 0 Å². The first kappa shape index (κ1) is 41.9. The standard InChI is InChI=1S/C33H49P.C18H33P/c1-23(2)26-21-30(24(3)4)33(31(22-26)25(5)6)29-19-13-14-20-32(29)34(27-15-9-7-10-16-27)28-17-11-8-12-18-28;1-4-10-16(11-5-1)19(17-12-6-2-7-13-17)18-14-8-3-9-15-18/h13-14,19-25,27-28H,7-12,15-18H2,1-6H3;16-18H,1-15H2. The molecule has 0 saturated heterocycles. The second-order valence-corrected chi connectivity index (χ2v) is 25.2. The van der Waals surface area contributed by atoms with Crippen LogP contribution in [0.4, 0.5) is 0 Å². The van der Waals surface area contributed by atoms with Crippen molar-refractivity contribution in [3.63, 3.8) is 0 Å². The zero-order valence-electron chi connectivity index (χ0n) is 35.7. The summed E-state index contributed by atoms with van der Waals surface area (Å²) in [6.45, 7) is 14.3. The number of benzene rings is 2. The van der Waals surface area contributed by atoms with Gasteiger partial charge in [0, 0.05) is 0 Å². The third kappa shape index (κ3) is 11.0. The van der Waals surface area contributed by atoms with Gasteiger partial charge in [-0.3, -0.25) is 0 Å². The third-order valence-electron chi connectivity index (χ3n) is 14.5. The summed E-state index contributed by atoms with van der Waals surface area (Å²) >= 11 is 0. The quantitative estimate of drug-likeness (QED) is 0.212. The van der Waals surface area contributed by atoms with Gasteiger partial charge in [-0.05, 0) is 143 Å². The van der Waals surface area contributed by atoms with E-state index < -0.39 is 0 Å². The van der Waals surface area contributed by atoms with Crippen molar-refractivity contribution in [3.8, 4) is 11.1 Å². The summed E-state index contributed by atoms with van der Waals surface area (Å²) < 4.78 is 0. The Morgan fingerprint density at radius 3 is 1.09 bits per heavy atom. The van der Waals surface area contributed by atoms with Crippen LogP contribution in [0.2, 0.25) is 0 Å². The Balaban J connectivity index is 0.000000213. The van der Waals surface area contributed by atoms with E-state index in [1.165, 1.54) is 106 Å². The van der Waals surface area contributed by atoms with Crippen molar-refractivity contribution < 1.29 is 0 Å². The fourth-order valence-electron chi connectivity index (χ4n) is 11.6. The van der Waals surface area contributed by atoms with Crippen LogP contribution in [0.5, 0.6) is 0 Å². The van der Waals surface area contributed by atoms with Gasteiger partial charge in [0.05, 0.1) is 0 Å². The molecule has 0 N–H and O–H groups in total. The Bertz CT molecular complexity index is 1250. The summed E-state index contributed by atoms with van der Waals surface area (Å²) in [6, 6.07) is 14.8. The van der Waals surface area contributed by atoms with Crippen molar-refractivity contribution in [2.75, 3.05) is 0 Å². The first-order chi connectivity index (χ1) is 25.8. The zero-order valence-corrected chi connectivity index (χ0v) is 37.4. The van der Waals surface area contributed by atoms with E-state index in [-0.39, 0.29) is 7.92 Å². The lowest BCUT2D eigenvalue weighted by atomic mass is 9.82. The molecule has 0 radical (unpaired) electrons. The van der Waals surface area contributed by atoms with Crippen molar-refractivity contribution in [2.24, 2.45) is 0 Å². The van der Waals surface area contributed by atoms with E-state index in [4.69, 9.17) is 0 Å². The second-order valence-electron chi connectivity index (χ2n) is 19.4. The van der Waals surface area contributed by atoms with Crippen molar-refractivity contribution in [2.45, 2.75) is 248 Å². The maximum Gasteiger partial charge on any atom is -0.0101 e. The zero-order chi connectivity index (χ0) is 37.2. The van der Waals surface area contributed by atoms with E-state index in [9.17, 15) is 0 Å². The van der Waals surface area contributed by atoms with Gasteiger partial charge in [-0.25, -0.2) is 0 Å². The predicted octanol–water partition coefficient (Wildman–Crippen LogP) is 17.0. The fraction of sp³-hybridized carbons (Fsp3) is 0.765. The topological polar surface area (TPSA) is 0 Å². The van der Waals surface area contributed by atoms with Crippen LogP contribution < -0.4 is 5.30 Å². The van der Waals surface area contributed by atoms with Gasteiger partial charge >= 0.3 is 0 Å². The van der Waals surface area contributed by atoms with Gasteiger partial charge in [0.25, 0.3) is 0 Å². The maximum absolute atomic E-state index is 2.56. The van der Waals surface area contributed by atoms with E-state index in [0.29, 0.717) is 25.7 Å². The minimum absolute atomic E-state index is 0.120. The van der Waals surface area contributed by atoms with Crippen LogP contribution in [0.1, 0.15) is 237 Å². The molecule has 7 rings (SSSR count).